The maximum atomic E-state index is 6.35. The highest BCUT2D eigenvalue weighted by Crippen LogP contribution is 2.22. The number of benzene rings is 1. The minimum atomic E-state index is 0.0281. The van der Waals surface area contributed by atoms with Gasteiger partial charge in [-0.05, 0) is 17.4 Å². The van der Waals surface area contributed by atoms with Gasteiger partial charge in [-0.15, -0.1) is 0 Å². The van der Waals surface area contributed by atoms with Gasteiger partial charge in [0, 0.05) is 19.0 Å². The third kappa shape index (κ3) is 3.67. The lowest BCUT2D eigenvalue weighted by Gasteiger charge is -2.20. The minimum Gasteiger partial charge on any atom is -0.324 e. The predicted molar refractivity (Wildman–Crippen MR) is 81.1 cm³/mol. The van der Waals surface area contributed by atoms with Crippen molar-refractivity contribution in [1.82, 2.24) is 14.8 Å². The summed E-state index contributed by atoms with van der Waals surface area (Å²) in [6, 6.07) is 10.3. The van der Waals surface area contributed by atoms with E-state index in [0.717, 1.165) is 18.8 Å². The van der Waals surface area contributed by atoms with E-state index in [1.54, 1.807) is 6.33 Å². The highest BCUT2D eigenvalue weighted by atomic mass is 15.3. The summed E-state index contributed by atoms with van der Waals surface area (Å²) in [5, 5.41) is 4.31. The Bertz CT molecular complexity index is 518. The van der Waals surface area contributed by atoms with E-state index in [1.165, 1.54) is 5.56 Å². The SMILES string of the molecule is CC(C)Cn1ncnc1CC(C)C(N)c1ccccc1. The lowest BCUT2D eigenvalue weighted by atomic mass is 9.92. The Labute approximate surface area is 121 Å². The number of nitrogens with two attached hydrogens (primary N) is 1. The van der Waals surface area contributed by atoms with Gasteiger partial charge in [0.15, 0.2) is 0 Å². The monoisotopic (exact) mass is 272 g/mol. The number of nitrogens with zero attached hydrogens (tertiary/aromatic N) is 3. The van der Waals surface area contributed by atoms with E-state index in [4.69, 9.17) is 5.73 Å². The fourth-order valence-electron chi connectivity index (χ4n) is 2.36. The van der Waals surface area contributed by atoms with E-state index >= 15 is 0 Å². The molecule has 1 aromatic carbocycles. The van der Waals surface area contributed by atoms with Crippen LogP contribution < -0.4 is 5.73 Å². The molecule has 108 valence electrons. The van der Waals surface area contributed by atoms with Gasteiger partial charge >= 0.3 is 0 Å². The van der Waals surface area contributed by atoms with E-state index in [1.807, 2.05) is 22.9 Å². The van der Waals surface area contributed by atoms with Crippen LogP contribution >= 0.6 is 0 Å². The number of rotatable bonds is 6. The molecule has 0 fully saturated rings. The average Bonchev–Trinajstić information content (AvgIpc) is 2.85. The van der Waals surface area contributed by atoms with Gasteiger partial charge in [0.05, 0.1) is 0 Å². The second-order valence-electron chi connectivity index (χ2n) is 5.87. The number of hydrogen-bond donors (Lipinski definition) is 1. The van der Waals surface area contributed by atoms with Crippen LogP contribution in [-0.4, -0.2) is 14.8 Å². The van der Waals surface area contributed by atoms with Crippen LogP contribution in [-0.2, 0) is 13.0 Å². The summed E-state index contributed by atoms with van der Waals surface area (Å²) in [5.74, 6) is 1.92. The normalized spacial score (nSPS) is 14.4. The van der Waals surface area contributed by atoms with Crippen LogP contribution in [0.2, 0.25) is 0 Å². The predicted octanol–water partition coefficient (Wildman–Crippen LogP) is 2.81. The van der Waals surface area contributed by atoms with Gasteiger partial charge in [0.2, 0.25) is 0 Å². The minimum absolute atomic E-state index is 0.0281. The lowest BCUT2D eigenvalue weighted by Crippen LogP contribution is -2.23. The molecule has 2 atom stereocenters. The van der Waals surface area contributed by atoms with Crippen LogP contribution in [0.15, 0.2) is 36.7 Å². The molecule has 2 aromatic rings. The first kappa shape index (κ1) is 14.7. The van der Waals surface area contributed by atoms with Crippen molar-refractivity contribution in [2.45, 2.75) is 39.8 Å². The van der Waals surface area contributed by atoms with Gasteiger partial charge in [-0.25, -0.2) is 9.67 Å². The van der Waals surface area contributed by atoms with Crippen molar-refractivity contribution >= 4 is 0 Å². The van der Waals surface area contributed by atoms with Gasteiger partial charge in [0.25, 0.3) is 0 Å². The van der Waals surface area contributed by atoms with Crippen LogP contribution in [0.5, 0.6) is 0 Å². The van der Waals surface area contributed by atoms with Crippen LogP contribution in [0.4, 0.5) is 0 Å². The van der Waals surface area contributed by atoms with Gasteiger partial charge in [-0.1, -0.05) is 51.1 Å². The lowest BCUT2D eigenvalue weighted by molar-refractivity contribution is 0.418. The largest absolute Gasteiger partial charge is 0.324 e. The van der Waals surface area contributed by atoms with Crippen molar-refractivity contribution in [3.05, 3.63) is 48.0 Å². The summed E-state index contributed by atoms with van der Waals surface area (Å²) in [5.41, 5.74) is 7.52. The smallest absolute Gasteiger partial charge is 0.138 e. The maximum absolute atomic E-state index is 6.35. The van der Waals surface area contributed by atoms with E-state index in [-0.39, 0.29) is 6.04 Å². The third-order valence-electron chi connectivity index (χ3n) is 3.54. The van der Waals surface area contributed by atoms with Gasteiger partial charge in [-0.3, -0.25) is 0 Å². The first-order valence-corrected chi connectivity index (χ1v) is 7.25. The highest BCUT2D eigenvalue weighted by Gasteiger charge is 2.18. The first-order chi connectivity index (χ1) is 9.58. The molecule has 0 aliphatic rings. The molecule has 4 heteroatoms. The molecule has 0 spiro atoms. The summed E-state index contributed by atoms with van der Waals surface area (Å²) in [6.07, 6.45) is 2.49. The van der Waals surface area contributed by atoms with Crippen molar-refractivity contribution in [1.29, 1.82) is 0 Å². The van der Waals surface area contributed by atoms with Crippen molar-refractivity contribution in [3.63, 3.8) is 0 Å². The van der Waals surface area contributed by atoms with E-state index < -0.39 is 0 Å². The molecule has 20 heavy (non-hydrogen) atoms. The number of hydrogen-bond acceptors (Lipinski definition) is 3. The summed E-state index contributed by atoms with van der Waals surface area (Å²) in [7, 11) is 0. The van der Waals surface area contributed by atoms with Crippen LogP contribution in [0, 0.1) is 11.8 Å². The Morgan fingerprint density at radius 2 is 1.85 bits per heavy atom. The Morgan fingerprint density at radius 1 is 1.15 bits per heavy atom. The molecular weight excluding hydrogens is 248 g/mol. The maximum Gasteiger partial charge on any atom is 0.138 e. The van der Waals surface area contributed by atoms with E-state index in [0.29, 0.717) is 11.8 Å². The molecule has 0 amide bonds. The molecule has 1 heterocycles. The Balaban J connectivity index is 2.04. The molecule has 0 radical (unpaired) electrons. The van der Waals surface area contributed by atoms with Gasteiger partial charge in [-0.2, -0.15) is 5.10 Å². The van der Waals surface area contributed by atoms with Crippen molar-refractivity contribution in [3.8, 4) is 0 Å². The summed E-state index contributed by atoms with van der Waals surface area (Å²) in [4.78, 5) is 4.38. The molecule has 0 aliphatic carbocycles. The fourth-order valence-corrected chi connectivity index (χ4v) is 2.36. The molecule has 0 saturated carbocycles. The molecule has 0 bridgehead atoms. The van der Waals surface area contributed by atoms with Crippen molar-refractivity contribution in [2.24, 2.45) is 17.6 Å². The zero-order valence-electron chi connectivity index (χ0n) is 12.5. The van der Waals surface area contributed by atoms with Gasteiger partial charge < -0.3 is 5.73 Å². The van der Waals surface area contributed by atoms with Gasteiger partial charge in [0.1, 0.15) is 12.2 Å². The Kier molecular flexibility index (Phi) is 4.90. The second-order valence-corrected chi connectivity index (χ2v) is 5.87. The number of aromatic nitrogens is 3. The second kappa shape index (κ2) is 6.66. The molecule has 4 nitrogen and oxygen atoms in total. The van der Waals surface area contributed by atoms with E-state index in [2.05, 4.69) is 43.0 Å². The summed E-state index contributed by atoms with van der Waals surface area (Å²) >= 11 is 0. The molecule has 0 aliphatic heterocycles. The van der Waals surface area contributed by atoms with E-state index in [9.17, 15) is 0 Å². The van der Waals surface area contributed by atoms with Crippen LogP contribution in [0.1, 0.15) is 38.2 Å². The zero-order chi connectivity index (χ0) is 14.5. The fraction of sp³-hybridized carbons (Fsp3) is 0.500. The Hall–Kier alpha value is -1.68. The quantitative estimate of drug-likeness (QED) is 0.879. The van der Waals surface area contributed by atoms with Crippen molar-refractivity contribution < 1.29 is 0 Å². The summed E-state index contributed by atoms with van der Waals surface area (Å²) in [6.45, 7) is 7.45. The zero-order valence-corrected chi connectivity index (χ0v) is 12.5. The molecule has 1 aromatic heterocycles. The average molecular weight is 272 g/mol. The molecule has 2 rings (SSSR count). The molecular formula is C16H24N4. The summed E-state index contributed by atoms with van der Waals surface area (Å²) < 4.78 is 2.00. The standard InChI is InChI=1S/C16H24N4/c1-12(2)10-20-15(18-11-19-20)9-13(3)16(17)14-7-5-4-6-8-14/h4-8,11-13,16H,9-10,17H2,1-3H3. The first-order valence-electron chi connectivity index (χ1n) is 7.25. The van der Waals surface area contributed by atoms with Crippen molar-refractivity contribution in [2.75, 3.05) is 0 Å². The molecule has 2 N–H and O–H groups in total. The molecule has 0 saturated heterocycles. The molecule has 2 unspecified atom stereocenters. The topological polar surface area (TPSA) is 56.7 Å². The van der Waals surface area contributed by atoms with Crippen LogP contribution in [0.25, 0.3) is 0 Å². The third-order valence-corrected chi connectivity index (χ3v) is 3.54. The highest BCUT2D eigenvalue weighted by molar-refractivity contribution is 5.19. The van der Waals surface area contributed by atoms with Crippen LogP contribution in [0.3, 0.4) is 0 Å². The Morgan fingerprint density at radius 3 is 2.50 bits per heavy atom.